The molecule has 1 saturated heterocycles. The smallest absolute Gasteiger partial charge is 0.222 e. The lowest BCUT2D eigenvalue weighted by Gasteiger charge is -2.44. The van der Waals surface area contributed by atoms with Crippen LogP contribution in [0.25, 0.3) is 0 Å². The number of carbonyl (C=O) groups is 1. The summed E-state index contributed by atoms with van der Waals surface area (Å²) in [6.45, 7) is 1.18. The molecular formula is C14H25NO2. The van der Waals surface area contributed by atoms with Crippen LogP contribution in [-0.4, -0.2) is 35.1 Å². The molecule has 0 aromatic carbocycles. The first kappa shape index (κ1) is 12.9. The van der Waals surface area contributed by atoms with E-state index in [1.54, 1.807) is 0 Å². The predicted molar refractivity (Wildman–Crippen MR) is 67.6 cm³/mol. The van der Waals surface area contributed by atoms with Gasteiger partial charge in [-0.15, -0.1) is 0 Å². The molecule has 2 unspecified atom stereocenters. The van der Waals surface area contributed by atoms with E-state index in [0.29, 0.717) is 18.4 Å². The Hall–Kier alpha value is -0.570. The van der Waals surface area contributed by atoms with Crippen molar-refractivity contribution in [2.45, 2.75) is 63.8 Å². The van der Waals surface area contributed by atoms with E-state index >= 15 is 0 Å². The van der Waals surface area contributed by atoms with Crippen molar-refractivity contribution in [2.75, 3.05) is 13.2 Å². The fraction of sp³-hybridized carbons (Fsp3) is 0.929. The quantitative estimate of drug-likeness (QED) is 0.765. The van der Waals surface area contributed by atoms with Crippen LogP contribution in [0.5, 0.6) is 0 Å². The fourth-order valence-corrected chi connectivity index (χ4v) is 3.47. The first-order valence-electron chi connectivity index (χ1n) is 7.23. The number of aliphatic hydroxyl groups is 1. The van der Waals surface area contributed by atoms with Gasteiger partial charge in [0.1, 0.15) is 0 Å². The molecule has 2 aliphatic rings. The van der Waals surface area contributed by atoms with Crippen LogP contribution in [0.1, 0.15) is 57.8 Å². The summed E-state index contributed by atoms with van der Waals surface area (Å²) >= 11 is 0. The summed E-state index contributed by atoms with van der Waals surface area (Å²) in [5.41, 5.74) is 0. The van der Waals surface area contributed by atoms with Crippen LogP contribution in [0, 0.1) is 5.92 Å². The molecule has 0 radical (unpaired) electrons. The molecule has 0 spiro atoms. The molecule has 0 bridgehead atoms. The zero-order valence-electron chi connectivity index (χ0n) is 10.7. The number of rotatable bonds is 4. The lowest BCUT2D eigenvalue weighted by Crippen LogP contribution is -2.49. The largest absolute Gasteiger partial charge is 0.396 e. The number of unbranched alkanes of at least 4 members (excludes halogenated alkanes) is 1. The van der Waals surface area contributed by atoms with E-state index in [2.05, 4.69) is 4.90 Å². The molecule has 2 atom stereocenters. The van der Waals surface area contributed by atoms with E-state index in [0.717, 1.165) is 25.3 Å². The van der Waals surface area contributed by atoms with Gasteiger partial charge in [0.25, 0.3) is 0 Å². The second-order valence-corrected chi connectivity index (χ2v) is 5.52. The molecule has 1 amide bonds. The minimum absolute atomic E-state index is 0.208. The fourth-order valence-electron chi connectivity index (χ4n) is 3.47. The Morgan fingerprint density at radius 3 is 2.71 bits per heavy atom. The molecular weight excluding hydrogens is 214 g/mol. The van der Waals surface area contributed by atoms with Gasteiger partial charge in [-0.25, -0.2) is 0 Å². The van der Waals surface area contributed by atoms with Gasteiger partial charge < -0.3 is 10.0 Å². The van der Waals surface area contributed by atoms with E-state index in [-0.39, 0.29) is 6.61 Å². The molecule has 2 fully saturated rings. The van der Waals surface area contributed by atoms with Crippen molar-refractivity contribution in [3.05, 3.63) is 0 Å². The van der Waals surface area contributed by atoms with Gasteiger partial charge >= 0.3 is 0 Å². The molecule has 1 heterocycles. The molecule has 0 aromatic rings. The Bertz CT molecular complexity index is 253. The minimum atomic E-state index is 0.208. The van der Waals surface area contributed by atoms with Crippen molar-refractivity contribution in [1.29, 1.82) is 0 Å². The number of aliphatic hydroxyl groups excluding tert-OH is 1. The summed E-state index contributed by atoms with van der Waals surface area (Å²) in [7, 11) is 0. The highest BCUT2D eigenvalue weighted by atomic mass is 16.3. The van der Waals surface area contributed by atoms with Gasteiger partial charge in [-0.2, -0.15) is 0 Å². The van der Waals surface area contributed by atoms with Crippen LogP contribution in [0.15, 0.2) is 0 Å². The number of amides is 1. The molecule has 1 aliphatic carbocycles. The lowest BCUT2D eigenvalue weighted by atomic mass is 9.78. The standard InChI is InChI=1S/C14H25NO2/c16-11-4-3-9-14(17)15-10-5-7-12-6-1-2-8-13(12)15/h12-13,16H,1-11H2. The number of nitrogens with zero attached hydrogens (tertiary/aromatic N) is 1. The predicted octanol–water partition coefficient (Wildman–Crippen LogP) is 2.33. The molecule has 98 valence electrons. The van der Waals surface area contributed by atoms with Gasteiger partial charge in [0, 0.05) is 25.6 Å². The maximum Gasteiger partial charge on any atom is 0.222 e. The normalized spacial score (nSPS) is 28.9. The number of fused-ring (bicyclic) bond motifs is 1. The van der Waals surface area contributed by atoms with Gasteiger partial charge in [0.2, 0.25) is 5.91 Å². The highest BCUT2D eigenvalue weighted by molar-refractivity contribution is 5.76. The number of piperidine rings is 1. The lowest BCUT2D eigenvalue weighted by molar-refractivity contribution is -0.137. The number of likely N-dealkylation sites (tertiary alicyclic amines) is 1. The number of hydrogen-bond donors (Lipinski definition) is 1. The summed E-state index contributed by atoms with van der Waals surface area (Å²) in [5.74, 6) is 1.11. The average Bonchev–Trinajstić information content (AvgIpc) is 2.38. The zero-order chi connectivity index (χ0) is 12.1. The molecule has 0 aromatic heterocycles. The summed E-state index contributed by atoms with van der Waals surface area (Å²) in [6.07, 6.45) is 9.93. The van der Waals surface area contributed by atoms with Crippen molar-refractivity contribution >= 4 is 5.91 Å². The van der Waals surface area contributed by atoms with Crippen LogP contribution < -0.4 is 0 Å². The van der Waals surface area contributed by atoms with E-state index in [1.807, 2.05) is 0 Å². The summed E-state index contributed by atoms with van der Waals surface area (Å²) < 4.78 is 0. The monoisotopic (exact) mass is 239 g/mol. The maximum atomic E-state index is 12.2. The highest BCUT2D eigenvalue weighted by Gasteiger charge is 2.35. The van der Waals surface area contributed by atoms with E-state index < -0.39 is 0 Å². The van der Waals surface area contributed by atoms with Gasteiger partial charge in [-0.1, -0.05) is 12.8 Å². The van der Waals surface area contributed by atoms with Crippen molar-refractivity contribution in [3.8, 4) is 0 Å². The summed E-state index contributed by atoms with van der Waals surface area (Å²) in [5, 5.41) is 8.75. The Morgan fingerprint density at radius 2 is 1.88 bits per heavy atom. The van der Waals surface area contributed by atoms with Crippen LogP contribution in [0.2, 0.25) is 0 Å². The summed E-state index contributed by atoms with van der Waals surface area (Å²) in [4.78, 5) is 14.3. The van der Waals surface area contributed by atoms with Gasteiger partial charge in [-0.05, 0) is 44.4 Å². The topological polar surface area (TPSA) is 40.5 Å². The van der Waals surface area contributed by atoms with Crippen molar-refractivity contribution in [1.82, 2.24) is 4.90 Å². The zero-order valence-corrected chi connectivity index (χ0v) is 10.7. The second-order valence-electron chi connectivity index (χ2n) is 5.52. The third-order valence-corrected chi connectivity index (χ3v) is 4.36. The second kappa shape index (κ2) is 6.39. The molecule has 1 aliphatic heterocycles. The molecule has 17 heavy (non-hydrogen) atoms. The molecule has 3 nitrogen and oxygen atoms in total. The van der Waals surface area contributed by atoms with Gasteiger partial charge in [-0.3, -0.25) is 4.79 Å². The molecule has 1 saturated carbocycles. The first-order valence-corrected chi connectivity index (χ1v) is 7.23. The Labute approximate surface area is 104 Å². The van der Waals surface area contributed by atoms with Gasteiger partial charge in [0.15, 0.2) is 0 Å². The minimum Gasteiger partial charge on any atom is -0.396 e. The highest BCUT2D eigenvalue weighted by Crippen LogP contribution is 2.35. The van der Waals surface area contributed by atoms with Crippen LogP contribution >= 0.6 is 0 Å². The van der Waals surface area contributed by atoms with E-state index in [9.17, 15) is 4.79 Å². The SMILES string of the molecule is O=C(CCCCO)N1CCCC2CCCCC21. The Morgan fingerprint density at radius 1 is 1.12 bits per heavy atom. The Balaban J connectivity index is 1.87. The number of hydrogen-bond acceptors (Lipinski definition) is 2. The van der Waals surface area contributed by atoms with E-state index in [4.69, 9.17) is 5.11 Å². The molecule has 1 N–H and O–H groups in total. The number of carbonyl (C=O) groups excluding carboxylic acids is 1. The third kappa shape index (κ3) is 3.21. The molecule has 3 heteroatoms. The van der Waals surface area contributed by atoms with Crippen LogP contribution in [-0.2, 0) is 4.79 Å². The summed E-state index contributed by atoms with van der Waals surface area (Å²) in [6, 6.07) is 0.541. The maximum absolute atomic E-state index is 12.2. The van der Waals surface area contributed by atoms with E-state index in [1.165, 1.54) is 38.5 Å². The molecule has 2 rings (SSSR count). The van der Waals surface area contributed by atoms with Crippen LogP contribution in [0.3, 0.4) is 0 Å². The first-order chi connectivity index (χ1) is 8.33. The van der Waals surface area contributed by atoms with Crippen molar-refractivity contribution in [3.63, 3.8) is 0 Å². The average molecular weight is 239 g/mol. The van der Waals surface area contributed by atoms with Crippen molar-refractivity contribution in [2.24, 2.45) is 5.92 Å². The van der Waals surface area contributed by atoms with Gasteiger partial charge in [0.05, 0.1) is 0 Å². The van der Waals surface area contributed by atoms with Crippen molar-refractivity contribution < 1.29 is 9.90 Å². The van der Waals surface area contributed by atoms with Crippen LogP contribution in [0.4, 0.5) is 0 Å². The third-order valence-electron chi connectivity index (χ3n) is 4.36. The Kier molecular flexibility index (Phi) is 4.84.